The molecule has 0 spiro atoms. The van der Waals surface area contributed by atoms with E-state index >= 15 is 0 Å². The quantitative estimate of drug-likeness (QED) is 0.494. The number of ether oxygens (including phenoxy) is 2. The highest BCUT2D eigenvalue weighted by molar-refractivity contribution is 6.19. The zero-order valence-corrected chi connectivity index (χ0v) is 7.14. The van der Waals surface area contributed by atoms with Crippen molar-refractivity contribution in [1.82, 2.24) is 0 Å². The van der Waals surface area contributed by atoms with Gasteiger partial charge >= 0.3 is 0 Å². The van der Waals surface area contributed by atoms with E-state index < -0.39 is 18.6 Å². The summed E-state index contributed by atoms with van der Waals surface area (Å²) >= 11 is 5.40. The van der Waals surface area contributed by atoms with Crippen LogP contribution in [0.2, 0.25) is 0 Å². The van der Waals surface area contributed by atoms with Crippen molar-refractivity contribution in [2.45, 2.75) is 12.0 Å². The summed E-state index contributed by atoms with van der Waals surface area (Å²) in [6.07, 6.45) is -2.52. The maximum Gasteiger partial charge on any atom is 0.261 e. The maximum atomic E-state index is 11.5. The van der Waals surface area contributed by atoms with Crippen LogP contribution >= 0.6 is 11.6 Å². The number of hydrogen-bond donors (Lipinski definition) is 1. The Kier molecular flexibility index (Phi) is 7.69. The van der Waals surface area contributed by atoms with Crippen LogP contribution in [0, 0.1) is 0 Å². The maximum absolute atomic E-state index is 11.5. The van der Waals surface area contributed by atoms with Crippen molar-refractivity contribution in [2.24, 2.45) is 0 Å². The molecule has 1 N–H and O–H groups in total. The Balaban J connectivity index is 3.15. The third-order valence-corrected chi connectivity index (χ3v) is 1.14. The Bertz CT molecular complexity index is 105. The van der Waals surface area contributed by atoms with E-state index in [-0.39, 0.29) is 19.8 Å². The fraction of sp³-hybridized carbons (Fsp3) is 1.00. The van der Waals surface area contributed by atoms with Crippen molar-refractivity contribution in [2.75, 3.05) is 26.4 Å². The standard InChI is InChI=1S/C6H11ClF2O3/c7-5(3-11-2-1-10)12-4-6(8)9/h5-6,10H,1-4H2. The molecular weight excluding hydrogens is 194 g/mol. The Morgan fingerprint density at radius 3 is 2.50 bits per heavy atom. The van der Waals surface area contributed by atoms with Gasteiger partial charge in [-0.15, -0.1) is 0 Å². The molecule has 0 saturated heterocycles. The molecule has 0 aromatic rings. The molecule has 0 aromatic heterocycles. The predicted octanol–water partition coefficient (Wildman–Crippen LogP) is 0.842. The van der Waals surface area contributed by atoms with Crippen molar-refractivity contribution in [3.05, 3.63) is 0 Å². The highest BCUT2D eigenvalue weighted by Crippen LogP contribution is 2.02. The molecule has 0 fully saturated rings. The Labute approximate surface area is 74.2 Å². The van der Waals surface area contributed by atoms with E-state index in [9.17, 15) is 8.78 Å². The molecule has 0 aliphatic carbocycles. The van der Waals surface area contributed by atoms with Crippen molar-refractivity contribution in [3.8, 4) is 0 Å². The molecule has 0 amide bonds. The second-order valence-corrected chi connectivity index (χ2v) is 2.42. The number of alkyl halides is 3. The summed E-state index contributed by atoms with van der Waals surface area (Å²) in [6, 6.07) is 0. The van der Waals surface area contributed by atoms with Gasteiger partial charge in [0.05, 0.1) is 19.8 Å². The molecule has 0 bridgehead atoms. The van der Waals surface area contributed by atoms with Gasteiger partial charge in [-0.3, -0.25) is 0 Å². The largest absolute Gasteiger partial charge is 0.394 e. The van der Waals surface area contributed by atoms with Gasteiger partial charge < -0.3 is 14.6 Å². The van der Waals surface area contributed by atoms with Crippen molar-refractivity contribution in [1.29, 1.82) is 0 Å². The SMILES string of the molecule is OCCOCC(Cl)OCC(F)F. The van der Waals surface area contributed by atoms with E-state index in [1.807, 2.05) is 0 Å². The summed E-state index contributed by atoms with van der Waals surface area (Å²) in [6.45, 7) is -0.703. The summed E-state index contributed by atoms with van der Waals surface area (Å²) < 4.78 is 32.2. The molecule has 3 nitrogen and oxygen atoms in total. The minimum atomic E-state index is -2.52. The topological polar surface area (TPSA) is 38.7 Å². The van der Waals surface area contributed by atoms with Crippen LogP contribution in [-0.2, 0) is 9.47 Å². The van der Waals surface area contributed by atoms with E-state index in [1.165, 1.54) is 0 Å². The highest BCUT2D eigenvalue weighted by Gasteiger charge is 2.08. The Hall–Kier alpha value is 0.0300. The first-order valence-corrected chi connectivity index (χ1v) is 3.83. The third kappa shape index (κ3) is 8.13. The van der Waals surface area contributed by atoms with E-state index in [1.54, 1.807) is 0 Å². The zero-order chi connectivity index (χ0) is 9.40. The van der Waals surface area contributed by atoms with Crippen LogP contribution in [0.15, 0.2) is 0 Å². The normalized spacial score (nSPS) is 13.8. The molecule has 0 aliphatic rings. The van der Waals surface area contributed by atoms with E-state index in [2.05, 4.69) is 4.74 Å². The minimum absolute atomic E-state index is 0.00512. The van der Waals surface area contributed by atoms with E-state index in [0.29, 0.717) is 0 Å². The fourth-order valence-corrected chi connectivity index (χ4v) is 0.628. The lowest BCUT2D eigenvalue weighted by Crippen LogP contribution is -2.18. The summed E-state index contributed by atoms with van der Waals surface area (Å²) in [5.74, 6) is 0. The van der Waals surface area contributed by atoms with Gasteiger partial charge in [0.1, 0.15) is 6.61 Å². The van der Waals surface area contributed by atoms with Gasteiger partial charge in [0, 0.05) is 0 Å². The lowest BCUT2D eigenvalue weighted by Gasteiger charge is -2.10. The monoisotopic (exact) mass is 204 g/mol. The second kappa shape index (κ2) is 7.67. The van der Waals surface area contributed by atoms with Gasteiger partial charge in [-0.05, 0) is 0 Å². The number of rotatable bonds is 7. The van der Waals surface area contributed by atoms with Gasteiger partial charge in [0.2, 0.25) is 0 Å². The predicted molar refractivity (Wildman–Crippen MR) is 39.5 cm³/mol. The fourth-order valence-electron chi connectivity index (χ4n) is 0.466. The molecule has 74 valence electrons. The van der Waals surface area contributed by atoms with Crippen LogP contribution in [0.4, 0.5) is 8.78 Å². The van der Waals surface area contributed by atoms with Crippen LogP contribution in [0.25, 0.3) is 0 Å². The molecule has 6 heteroatoms. The molecule has 0 rings (SSSR count). The van der Waals surface area contributed by atoms with Crippen LogP contribution < -0.4 is 0 Å². The molecule has 12 heavy (non-hydrogen) atoms. The summed E-state index contributed by atoms with van der Waals surface area (Å²) in [5.41, 5.74) is -0.884. The molecule has 0 aromatic carbocycles. The first kappa shape index (κ1) is 12.0. The Morgan fingerprint density at radius 1 is 1.33 bits per heavy atom. The second-order valence-electron chi connectivity index (χ2n) is 1.93. The molecule has 0 radical (unpaired) electrons. The van der Waals surface area contributed by atoms with Crippen molar-refractivity contribution < 1.29 is 23.4 Å². The number of aliphatic hydroxyl groups is 1. The van der Waals surface area contributed by atoms with Crippen LogP contribution in [0.5, 0.6) is 0 Å². The third-order valence-electron chi connectivity index (χ3n) is 0.888. The smallest absolute Gasteiger partial charge is 0.261 e. The van der Waals surface area contributed by atoms with Gasteiger partial charge in [-0.25, -0.2) is 8.78 Å². The molecule has 0 aliphatic heterocycles. The summed E-state index contributed by atoms with van der Waals surface area (Å²) in [5, 5.41) is 8.27. The zero-order valence-electron chi connectivity index (χ0n) is 6.38. The number of hydrogen-bond acceptors (Lipinski definition) is 3. The average molecular weight is 205 g/mol. The van der Waals surface area contributed by atoms with Gasteiger partial charge in [0.15, 0.2) is 5.56 Å². The van der Waals surface area contributed by atoms with Crippen molar-refractivity contribution in [3.63, 3.8) is 0 Å². The first-order valence-electron chi connectivity index (χ1n) is 3.39. The summed E-state index contributed by atoms with van der Waals surface area (Å²) in [7, 11) is 0. The van der Waals surface area contributed by atoms with Crippen LogP contribution in [0.3, 0.4) is 0 Å². The van der Waals surface area contributed by atoms with Gasteiger partial charge in [-0.2, -0.15) is 0 Å². The van der Waals surface area contributed by atoms with E-state index in [4.69, 9.17) is 21.4 Å². The molecule has 1 unspecified atom stereocenters. The average Bonchev–Trinajstić information content (AvgIpc) is 2.01. The van der Waals surface area contributed by atoms with Gasteiger partial charge in [0.25, 0.3) is 6.43 Å². The molecular formula is C6H11ClF2O3. The molecule has 0 saturated carbocycles. The van der Waals surface area contributed by atoms with Gasteiger partial charge in [-0.1, -0.05) is 11.6 Å². The van der Waals surface area contributed by atoms with Crippen LogP contribution in [0.1, 0.15) is 0 Å². The lowest BCUT2D eigenvalue weighted by atomic mass is 10.7. The molecule has 1 atom stereocenters. The summed E-state index contributed by atoms with van der Waals surface area (Å²) in [4.78, 5) is 0. The first-order chi connectivity index (χ1) is 5.66. The lowest BCUT2D eigenvalue weighted by molar-refractivity contribution is -0.0301. The number of halogens is 3. The number of aliphatic hydroxyl groups excluding tert-OH is 1. The molecule has 0 heterocycles. The highest BCUT2D eigenvalue weighted by atomic mass is 35.5. The minimum Gasteiger partial charge on any atom is -0.394 e. The van der Waals surface area contributed by atoms with Crippen LogP contribution in [-0.4, -0.2) is 43.5 Å². The van der Waals surface area contributed by atoms with E-state index in [0.717, 1.165) is 0 Å². The van der Waals surface area contributed by atoms with Crippen molar-refractivity contribution >= 4 is 11.6 Å². The Morgan fingerprint density at radius 2 is 2.00 bits per heavy atom.